The zero-order chi connectivity index (χ0) is 91.8. The Balaban J connectivity index is 0.000000125. The van der Waals surface area contributed by atoms with Crippen molar-refractivity contribution < 1.29 is 0 Å². The summed E-state index contributed by atoms with van der Waals surface area (Å²) in [6, 6.07) is 159. The predicted molar refractivity (Wildman–Crippen MR) is 568 cm³/mol. The average molecular weight is 1830 g/mol. The number of anilines is 3. The minimum atomic E-state index is -0.161. The molecule has 2 aliphatic carbocycles. The molecular formula is C125H90BrN11. The highest BCUT2D eigenvalue weighted by Crippen LogP contribution is 2.53. The molecule has 0 spiro atoms. The molecule has 11 nitrogen and oxygen atoms in total. The lowest BCUT2D eigenvalue weighted by Gasteiger charge is -2.28. The normalized spacial score (nSPS) is 12.6. The Morgan fingerprint density at radius 1 is 0.241 bits per heavy atom. The van der Waals surface area contributed by atoms with E-state index in [4.69, 9.17) is 29.9 Å². The van der Waals surface area contributed by atoms with E-state index in [2.05, 4.69) is 425 Å². The number of halogens is 1. The molecule has 0 unspecified atom stereocenters. The summed E-state index contributed by atoms with van der Waals surface area (Å²) in [6.45, 7) is 9.38. The van der Waals surface area contributed by atoms with Gasteiger partial charge in [-0.3, -0.25) is 9.13 Å². The number of para-hydroxylation sites is 2. The van der Waals surface area contributed by atoms with Gasteiger partial charge in [0.15, 0.2) is 23.3 Å². The second-order valence-corrected chi connectivity index (χ2v) is 37.2. The zero-order valence-electron chi connectivity index (χ0n) is 75.9. The summed E-state index contributed by atoms with van der Waals surface area (Å²) in [5, 5.41) is 6.69. The summed E-state index contributed by atoms with van der Waals surface area (Å²) in [7, 11) is 0. The van der Waals surface area contributed by atoms with E-state index < -0.39 is 0 Å². The van der Waals surface area contributed by atoms with Gasteiger partial charge >= 0.3 is 0 Å². The Labute approximate surface area is 803 Å². The van der Waals surface area contributed by atoms with Gasteiger partial charge in [-0.1, -0.05) is 383 Å². The number of fused-ring (bicyclic) bond motifs is 16. The van der Waals surface area contributed by atoms with E-state index >= 15 is 0 Å². The Hall–Kier alpha value is -17.1. The lowest BCUT2D eigenvalue weighted by Crippen LogP contribution is -2.16. The fourth-order valence-corrected chi connectivity index (χ4v) is 21.0. The zero-order valence-corrected chi connectivity index (χ0v) is 77.5. The Bertz CT molecular complexity index is 8580. The first-order valence-corrected chi connectivity index (χ1v) is 47.4. The molecule has 0 bridgehead atoms. The molecule has 18 aromatic carbocycles. The summed E-state index contributed by atoms with van der Waals surface area (Å²) in [6.07, 6.45) is 5.27. The molecule has 6 aromatic heterocycles. The maximum Gasteiger partial charge on any atom is 0.238 e. The van der Waals surface area contributed by atoms with Gasteiger partial charge in [-0.05, 0) is 194 Å². The molecule has 0 saturated carbocycles. The molecular weight excluding hydrogens is 1740 g/mol. The third-order valence-electron chi connectivity index (χ3n) is 27.4. The van der Waals surface area contributed by atoms with E-state index in [1.807, 2.05) is 103 Å². The summed E-state index contributed by atoms with van der Waals surface area (Å²) in [5.41, 5.74) is 34.0. The van der Waals surface area contributed by atoms with Gasteiger partial charge in [0, 0.05) is 111 Å². The molecule has 0 atom stereocenters. The van der Waals surface area contributed by atoms with E-state index in [9.17, 15) is 0 Å². The maximum absolute atomic E-state index is 5.32. The van der Waals surface area contributed by atoms with E-state index in [0.29, 0.717) is 35.2 Å². The van der Waals surface area contributed by atoms with Crippen LogP contribution in [-0.2, 0) is 17.3 Å². The van der Waals surface area contributed by atoms with Gasteiger partial charge in [0.25, 0.3) is 0 Å². The minimum absolute atomic E-state index is 0.0686. The van der Waals surface area contributed by atoms with Crippen LogP contribution in [0.15, 0.2) is 466 Å². The van der Waals surface area contributed by atoms with Crippen LogP contribution in [0.1, 0.15) is 61.1 Å². The van der Waals surface area contributed by atoms with Crippen LogP contribution in [0.3, 0.4) is 0 Å². The van der Waals surface area contributed by atoms with Gasteiger partial charge in [0.05, 0.1) is 33.1 Å². The summed E-state index contributed by atoms with van der Waals surface area (Å²) in [4.78, 5) is 33.2. The number of hydrogen-bond acceptors (Lipinski definition) is 7. The highest BCUT2D eigenvalue weighted by atomic mass is 79.9. The molecule has 0 fully saturated rings. The van der Waals surface area contributed by atoms with Gasteiger partial charge in [0.1, 0.15) is 0 Å². The molecule has 2 aliphatic rings. The smallest absolute Gasteiger partial charge is 0.238 e. The highest BCUT2D eigenvalue weighted by molar-refractivity contribution is 9.10. The number of nitrogens with zero attached hydrogens (tertiary/aromatic N) is 11. The summed E-state index contributed by atoms with van der Waals surface area (Å²) >= 11 is 3.70. The first kappa shape index (κ1) is 83.0. The molecule has 12 heteroatoms. The lowest BCUT2D eigenvalue weighted by molar-refractivity contribution is 0.659. The predicted octanol–water partition coefficient (Wildman–Crippen LogP) is 31.9. The molecule has 6 heterocycles. The van der Waals surface area contributed by atoms with Crippen LogP contribution >= 0.6 is 15.9 Å². The summed E-state index contributed by atoms with van der Waals surface area (Å²) in [5.74, 6) is 3.63. The van der Waals surface area contributed by atoms with Crippen molar-refractivity contribution in [3.05, 3.63) is 499 Å². The third-order valence-corrected chi connectivity index (χ3v) is 27.9. The van der Waals surface area contributed by atoms with Crippen LogP contribution in [-0.4, -0.2) is 48.2 Å². The van der Waals surface area contributed by atoms with Crippen molar-refractivity contribution >= 4 is 98.4 Å². The quantitative estimate of drug-likeness (QED) is 0.101. The Morgan fingerprint density at radius 2 is 0.569 bits per heavy atom. The van der Waals surface area contributed by atoms with Crippen molar-refractivity contribution in [1.29, 1.82) is 0 Å². The van der Waals surface area contributed by atoms with E-state index in [-0.39, 0.29) is 10.8 Å². The van der Waals surface area contributed by atoms with Gasteiger partial charge in [-0.25, -0.2) is 9.97 Å². The second-order valence-electron chi connectivity index (χ2n) is 36.3. The van der Waals surface area contributed by atoms with Crippen LogP contribution < -0.4 is 4.90 Å². The van der Waals surface area contributed by atoms with Gasteiger partial charge in [-0.15, -0.1) is 0 Å². The van der Waals surface area contributed by atoms with Crippen LogP contribution in [0.5, 0.6) is 0 Å². The van der Waals surface area contributed by atoms with E-state index in [1.54, 1.807) is 0 Å². The lowest BCUT2D eigenvalue weighted by atomic mass is 9.81. The molecule has 0 N–H and O–H groups in total. The van der Waals surface area contributed by atoms with Crippen molar-refractivity contribution in [3.8, 4) is 113 Å². The average Bonchev–Trinajstić information content (AvgIpc) is 2.47. The van der Waals surface area contributed by atoms with Crippen molar-refractivity contribution in [3.63, 3.8) is 0 Å². The molecule has 26 rings (SSSR count). The molecule has 0 saturated heterocycles. The SMILES string of the molecule is Brc1ccc2c(c1)c1ccc3c(ccn3-c3ccccc3)c1n2-c1nc(-c2ccccc2)nc(-c2ccccc2)n1.CC1(C)c2ccccc2-c2ccc(Cc3ccc(-c4ccccc4)cc3)cc21.CC1(C)c2ccccc2-c2ccc(N(c3ccc(-c4ccccc4)cc3)c3ccc4c(c3)c3ccc5c(ccn5-c5ccccc5)c3n4-c3nc(-c4ccccc4)nc(-c4ccccc4)n3)cc21. The van der Waals surface area contributed by atoms with E-state index in [1.165, 1.54) is 77.9 Å². The van der Waals surface area contributed by atoms with Crippen LogP contribution in [0.4, 0.5) is 17.1 Å². The fraction of sp³-hybridized carbons (Fsp3) is 0.0560. The maximum atomic E-state index is 5.32. The molecule has 137 heavy (non-hydrogen) atoms. The molecule has 0 amide bonds. The molecule has 652 valence electrons. The Kier molecular flexibility index (Phi) is 20.9. The minimum Gasteiger partial charge on any atom is -0.316 e. The van der Waals surface area contributed by atoms with E-state index in [0.717, 1.165) is 127 Å². The first-order valence-electron chi connectivity index (χ1n) is 46.6. The molecule has 0 aliphatic heterocycles. The fourth-order valence-electron chi connectivity index (χ4n) is 20.6. The molecule has 0 radical (unpaired) electrons. The van der Waals surface area contributed by atoms with Gasteiger partial charge in [0.2, 0.25) is 11.9 Å². The second kappa shape index (κ2) is 34.5. The topological polar surface area (TPSA) is 100 Å². The molecule has 24 aromatic rings. The largest absolute Gasteiger partial charge is 0.316 e. The number of aromatic nitrogens is 10. The highest BCUT2D eigenvalue weighted by Gasteiger charge is 2.38. The first-order chi connectivity index (χ1) is 67.3. The van der Waals surface area contributed by atoms with Crippen LogP contribution in [0.25, 0.3) is 179 Å². The third kappa shape index (κ3) is 15.0. The van der Waals surface area contributed by atoms with Crippen molar-refractivity contribution in [2.75, 3.05) is 4.90 Å². The van der Waals surface area contributed by atoms with Crippen molar-refractivity contribution in [2.45, 2.75) is 44.9 Å². The van der Waals surface area contributed by atoms with Gasteiger partial charge in [-0.2, -0.15) is 19.9 Å². The van der Waals surface area contributed by atoms with Crippen LogP contribution in [0.2, 0.25) is 0 Å². The number of benzene rings is 18. The van der Waals surface area contributed by atoms with Crippen molar-refractivity contribution in [2.24, 2.45) is 0 Å². The van der Waals surface area contributed by atoms with Gasteiger partial charge < -0.3 is 14.0 Å². The van der Waals surface area contributed by atoms with Crippen molar-refractivity contribution in [1.82, 2.24) is 48.2 Å². The summed E-state index contributed by atoms with van der Waals surface area (Å²) < 4.78 is 9.95. The standard InChI is InChI=1S/C62H44N6.C35H22BrN5.C28H24/c1-62(2)54-26-16-15-25-49(54)50-33-31-48(40-55(50)62)67(46-29-27-42(28-30-46)41-17-7-3-8-18-41)47-32-35-57-53(39-47)51-34-36-56-52(37-38-66(56)45-23-13-6-14-24-45)58(51)68(57)61-64-59(43-19-9-4-10-20-43)63-60(65-61)44-21-11-5-12-22-44;36-25-16-18-31-29(22-25)27-17-19-30-28(20-21-40(30)26-14-8-3-9-15-26)32(27)41(31)35-38-33(23-10-4-1-5-11-23)37-34(39-35)24-12-6-2-7-13-24;1-28(2)26-11-7-6-10-24(26)25-17-14-21(19-27(25)28)18-20-12-15-23(16-13-20)22-8-4-3-5-9-22/h3-40H,1-2H3;1-22H;3-17,19H,18H2,1-2H3. The number of rotatable bonds is 15. The number of hydrogen-bond donors (Lipinski definition) is 0. The Morgan fingerprint density at radius 3 is 1.01 bits per heavy atom. The monoisotopic (exact) mass is 1820 g/mol. The van der Waals surface area contributed by atoms with Crippen LogP contribution in [0, 0.1) is 0 Å².